The number of oxime groups is 2. The zero-order valence-electron chi connectivity index (χ0n) is 35.8. The molecule has 0 unspecified atom stereocenters. The van der Waals surface area contributed by atoms with Crippen LogP contribution in [-0.2, 0) is 22.9 Å². The van der Waals surface area contributed by atoms with Gasteiger partial charge in [0.05, 0.1) is 35.5 Å². The van der Waals surface area contributed by atoms with Crippen LogP contribution in [0.4, 0.5) is 11.4 Å². The van der Waals surface area contributed by atoms with Gasteiger partial charge in [-0.2, -0.15) is 0 Å². The number of ether oxygens (including phenoxy) is 2. The molecular formula is C46H46BIN4O12. The van der Waals surface area contributed by atoms with E-state index < -0.39 is 17.0 Å². The average Bonchev–Trinajstić information content (AvgIpc) is 3.29. The first-order valence-corrected chi connectivity index (χ1v) is 20.4. The van der Waals surface area contributed by atoms with E-state index in [4.69, 9.17) is 29.2 Å². The molecule has 0 aliphatic carbocycles. The number of halogens is 1. The Morgan fingerprint density at radius 2 is 1.03 bits per heavy atom. The molecule has 0 fully saturated rings. The third kappa shape index (κ3) is 14.5. The van der Waals surface area contributed by atoms with E-state index in [1.165, 1.54) is 24.3 Å². The Hall–Kier alpha value is -7.03. The lowest BCUT2D eigenvalue weighted by Gasteiger charge is -2.13. The fourth-order valence-electron chi connectivity index (χ4n) is 5.65. The van der Waals surface area contributed by atoms with Crippen LogP contribution in [0.15, 0.2) is 132 Å². The standard InChI is InChI=1S/C23H22N2O5.C16H15IN2O4.C7H9BO3/c1-15-12-22(18-6-10-20(29-3)11-7-18)21(13-23(15)26)16(2)24-30-14-17-4-8-19(9-5-17)25(27)28;1-10-7-15(17)14(8-16(10)20)11(2)18-23-9-12-3-5-13(6-4-12)19(21)22;1-11-7-4-2-6(3-5-7)8(9)10/h4-13,26H,14H2,1-3H3;3-8,20H,9H2,1-2H3;2-5,9-10H,1H3/b24-16+;18-11+;. The highest BCUT2D eigenvalue weighted by Gasteiger charge is 2.14. The highest BCUT2D eigenvalue weighted by atomic mass is 127. The fourth-order valence-corrected chi connectivity index (χ4v) is 6.67. The summed E-state index contributed by atoms with van der Waals surface area (Å²) >= 11 is 2.18. The molecule has 0 aromatic heterocycles. The van der Waals surface area contributed by atoms with Crippen LogP contribution in [0.2, 0.25) is 0 Å². The van der Waals surface area contributed by atoms with Crippen molar-refractivity contribution < 1.29 is 49.3 Å². The molecular weight excluding hydrogens is 938 g/mol. The molecule has 18 heteroatoms. The molecule has 6 aromatic rings. The number of aryl methyl sites for hydroxylation is 2. The van der Waals surface area contributed by atoms with Crippen molar-refractivity contribution in [2.75, 3.05) is 14.2 Å². The third-order valence-electron chi connectivity index (χ3n) is 9.38. The van der Waals surface area contributed by atoms with Crippen LogP contribution >= 0.6 is 22.6 Å². The van der Waals surface area contributed by atoms with E-state index in [0.717, 1.165) is 53.8 Å². The number of nitrogens with zero attached hydrogens (tertiary/aromatic N) is 4. The van der Waals surface area contributed by atoms with Gasteiger partial charge in [0.1, 0.15) is 36.2 Å². The Bertz CT molecular complexity index is 2570. The zero-order valence-corrected chi connectivity index (χ0v) is 37.9. The number of nitro groups is 2. The quantitative estimate of drug-likeness (QED) is 0.0264. The predicted molar refractivity (Wildman–Crippen MR) is 253 cm³/mol. The fraction of sp³-hybridized carbons (Fsp3) is 0.174. The van der Waals surface area contributed by atoms with E-state index in [2.05, 4.69) is 32.9 Å². The van der Waals surface area contributed by atoms with Gasteiger partial charge in [-0.3, -0.25) is 20.2 Å². The van der Waals surface area contributed by atoms with Gasteiger partial charge in [-0.05, 0) is 162 Å². The van der Waals surface area contributed by atoms with Crippen LogP contribution in [0.1, 0.15) is 47.2 Å². The summed E-state index contributed by atoms with van der Waals surface area (Å²) in [6.07, 6.45) is 0. The number of hydrogen-bond donors (Lipinski definition) is 4. The third-order valence-corrected chi connectivity index (χ3v) is 10.3. The number of benzene rings is 6. The Morgan fingerprint density at radius 3 is 1.45 bits per heavy atom. The molecule has 16 nitrogen and oxygen atoms in total. The number of rotatable bonds is 14. The number of nitro benzene ring substituents is 2. The monoisotopic (exact) mass is 984 g/mol. The number of aromatic hydroxyl groups is 2. The van der Waals surface area contributed by atoms with Gasteiger partial charge in [-0.1, -0.05) is 34.6 Å². The first-order valence-electron chi connectivity index (χ1n) is 19.3. The van der Waals surface area contributed by atoms with Crippen LogP contribution in [0.5, 0.6) is 23.0 Å². The van der Waals surface area contributed by atoms with Gasteiger partial charge in [0.25, 0.3) is 11.4 Å². The predicted octanol–water partition coefficient (Wildman–Crippen LogP) is 8.75. The normalized spacial score (nSPS) is 11.0. The number of methoxy groups -OCH3 is 2. The van der Waals surface area contributed by atoms with E-state index in [1.807, 2.05) is 50.2 Å². The number of hydrogen-bond acceptors (Lipinski definition) is 14. The Balaban J connectivity index is 0.000000232. The Labute approximate surface area is 383 Å². The maximum absolute atomic E-state index is 10.7. The highest BCUT2D eigenvalue weighted by Crippen LogP contribution is 2.32. The molecule has 0 saturated carbocycles. The van der Waals surface area contributed by atoms with Crippen molar-refractivity contribution in [1.29, 1.82) is 0 Å². The van der Waals surface area contributed by atoms with Crippen molar-refractivity contribution in [2.24, 2.45) is 10.3 Å². The number of phenols is 2. The van der Waals surface area contributed by atoms with Gasteiger partial charge in [-0.15, -0.1) is 0 Å². The molecule has 0 spiro atoms. The second-order valence-electron chi connectivity index (χ2n) is 13.9. The van der Waals surface area contributed by atoms with Gasteiger partial charge in [-0.25, -0.2) is 0 Å². The zero-order chi connectivity index (χ0) is 46.9. The van der Waals surface area contributed by atoms with Crippen molar-refractivity contribution in [1.82, 2.24) is 0 Å². The highest BCUT2D eigenvalue weighted by molar-refractivity contribution is 14.1. The molecule has 4 N–H and O–H groups in total. The largest absolute Gasteiger partial charge is 0.508 e. The van der Waals surface area contributed by atoms with Crippen LogP contribution < -0.4 is 14.9 Å². The summed E-state index contributed by atoms with van der Waals surface area (Å²) < 4.78 is 11.1. The number of non-ortho nitro benzene ring substituents is 2. The lowest BCUT2D eigenvalue weighted by molar-refractivity contribution is -0.385. The molecule has 6 rings (SSSR count). The SMILES string of the molecule is C/C(=N\OCc1ccc([N+](=O)[O-])cc1)c1cc(O)c(C)cc1I.COc1ccc(-c2cc(C)c(O)cc2/C(C)=N/OCc2ccc([N+](=O)[O-])cc2)cc1.COc1ccc(B(O)O)cc1. The van der Waals surface area contributed by atoms with Crippen LogP contribution in [0.3, 0.4) is 0 Å². The summed E-state index contributed by atoms with van der Waals surface area (Å²) in [5, 5.41) is 67.0. The van der Waals surface area contributed by atoms with E-state index in [-0.39, 0.29) is 36.1 Å². The first kappa shape index (κ1) is 49.6. The summed E-state index contributed by atoms with van der Waals surface area (Å²) in [5.74, 6) is 1.85. The summed E-state index contributed by atoms with van der Waals surface area (Å²) in [4.78, 5) is 31.2. The van der Waals surface area contributed by atoms with E-state index in [9.17, 15) is 30.4 Å². The molecule has 0 aliphatic heterocycles. The maximum atomic E-state index is 10.7. The van der Waals surface area contributed by atoms with E-state index in [1.54, 1.807) is 88.7 Å². The van der Waals surface area contributed by atoms with Crippen molar-refractivity contribution in [2.45, 2.75) is 40.9 Å². The van der Waals surface area contributed by atoms with Crippen molar-refractivity contribution in [3.63, 3.8) is 0 Å². The summed E-state index contributed by atoms with van der Waals surface area (Å²) in [7, 11) is 1.77. The Morgan fingerprint density at radius 1 is 0.625 bits per heavy atom. The van der Waals surface area contributed by atoms with Crippen molar-refractivity contribution in [3.05, 3.63) is 179 Å². The Kier molecular flexibility index (Phi) is 18.6. The maximum Gasteiger partial charge on any atom is 0.488 e. The molecule has 0 heterocycles. The van der Waals surface area contributed by atoms with E-state index in [0.29, 0.717) is 22.6 Å². The molecule has 64 heavy (non-hydrogen) atoms. The second-order valence-corrected chi connectivity index (χ2v) is 15.1. The lowest BCUT2D eigenvalue weighted by Crippen LogP contribution is -2.29. The van der Waals surface area contributed by atoms with Gasteiger partial charge in [0.15, 0.2) is 0 Å². The van der Waals surface area contributed by atoms with Gasteiger partial charge in [0, 0.05) is 39.0 Å². The summed E-state index contributed by atoms with van der Waals surface area (Å²) in [5.41, 5.74) is 8.29. The molecule has 0 bridgehead atoms. The van der Waals surface area contributed by atoms with Crippen LogP contribution in [-0.4, -0.2) is 62.9 Å². The lowest BCUT2D eigenvalue weighted by atomic mass is 9.80. The topological polar surface area (TPSA) is 229 Å². The summed E-state index contributed by atoms with van der Waals surface area (Å²) in [6, 6.07) is 33.5. The minimum Gasteiger partial charge on any atom is -0.508 e. The van der Waals surface area contributed by atoms with E-state index >= 15 is 0 Å². The van der Waals surface area contributed by atoms with Crippen LogP contribution in [0.25, 0.3) is 11.1 Å². The van der Waals surface area contributed by atoms with Gasteiger partial charge in [0.2, 0.25) is 0 Å². The summed E-state index contributed by atoms with van der Waals surface area (Å²) in [6.45, 7) is 7.65. The van der Waals surface area contributed by atoms with Crippen molar-refractivity contribution >= 4 is 58.0 Å². The first-order chi connectivity index (χ1) is 30.5. The molecule has 6 aromatic carbocycles. The smallest absolute Gasteiger partial charge is 0.488 e. The minimum atomic E-state index is -1.40. The second kappa shape index (κ2) is 24.0. The van der Waals surface area contributed by atoms with Crippen molar-refractivity contribution in [3.8, 4) is 34.1 Å². The van der Waals surface area contributed by atoms with Gasteiger partial charge < -0.3 is 39.4 Å². The molecule has 0 saturated heterocycles. The molecule has 0 radical (unpaired) electrons. The molecule has 332 valence electrons. The van der Waals surface area contributed by atoms with Crippen LogP contribution in [0, 0.1) is 37.6 Å². The van der Waals surface area contributed by atoms with Gasteiger partial charge >= 0.3 is 7.12 Å². The molecule has 0 aliphatic rings. The average molecular weight is 985 g/mol. The molecule has 0 atom stereocenters. The minimum absolute atomic E-state index is 0.0256. The molecule has 0 amide bonds. The number of phenolic OH excluding ortho intramolecular Hbond substituents is 2.